The zero-order valence-electron chi connectivity index (χ0n) is 11.3. The van der Waals surface area contributed by atoms with E-state index in [9.17, 15) is 9.59 Å². The lowest BCUT2D eigenvalue weighted by atomic mass is 9.97. The third kappa shape index (κ3) is 5.00. The Labute approximate surface area is 116 Å². The Kier molecular flexibility index (Phi) is 5.08. The van der Waals surface area contributed by atoms with Gasteiger partial charge < -0.3 is 15.6 Å². The molecule has 3 N–H and O–H groups in total. The molecule has 1 heterocycles. The predicted molar refractivity (Wildman–Crippen MR) is 73.0 cm³/mol. The molecule has 6 heteroatoms. The van der Waals surface area contributed by atoms with E-state index in [1.165, 1.54) is 11.3 Å². The van der Waals surface area contributed by atoms with Crippen LogP contribution in [0.1, 0.15) is 25.6 Å². The van der Waals surface area contributed by atoms with E-state index in [4.69, 9.17) is 15.6 Å². The highest BCUT2D eigenvalue weighted by atomic mass is 32.1. The number of hydrogen-bond acceptors (Lipinski definition) is 5. The summed E-state index contributed by atoms with van der Waals surface area (Å²) >= 11 is 1.48. The molecule has 0 bridgehead atoms. The first-order chi connectivity index (χ1) is 8.70. The summed E-state index contributed by atoms with van der Waals surface area (Å²) in [6, 6.07) is 2.92. The Balaban J connectivity index is 2.76. The summed E-state index contributed by atoms with van der Waals surface area (Å²) in [7, 11) is 0. The van der Waals surface area contributed by atoms with E-state index < -0.39 is 29.5 Å². The third-order valence-electron chi connectivity index (χ3n) is 2.37. The number of nitrogens with two attached hydrogens (primary N) is 1. The summed E-state index contributed by atoms with van der Waals surface area (Å²) in [4.78, 5) is 24.1. The SMILES string of the molecule is CC(C)(C)OC(=O)[C@H](C(=O)O)C(N)Cc1cccs1. The monoisotopic (exact) mass is 285 g/mol. The lowest BCUT2D eigenvalue weighted by Gasteiger charge is -2.24. The quantitative estimate of drug-likeness (QED) is 0.634. The van der Waals surface area contributed by atoms with Gasteiger partial charge in [0.2, 0.25) is 0 Å². The van der Waals surface area contributed by atoms with Gasteiger partial charge in [0, 0.05) is 10.9 Å². The van der Waals surface area contributed by atoms with Crippen LogP contribution >= 0.6 is 11.3 Å². The van der Waals surface area contributed by atoms with Crippen LogP contribution in [-0.2, 0) is 20.7 Å². The van der Waals surface area contributed by atoms with Gasteiger partial charge in [0.25, 0.3) is 0 Å². The van der Waals surface area contributed by atoms with E-state index in [2.05, 4.69) is 0 Å². The molecule has 19 heavy (non-hydrogen) atoms. The molecule has 0 radical (unpaired) electrons. The van der Waals surface area contributed by atoms with Crippen molar-refractivity contribution in [3.8, 4) is 0 Å². The number of thiophene rings is 1. The molecule has 1 aromatic rings. The van der Waals surface area contributed by atoms with Crippen molar-refractivity contribution in [3.63, 3.8) is 0 Å². The van der Waals surface area contributed by atoms with Gasteiger partial charge in [-0.05, 0) is 38.6 Å². The number of hydrogen-bond donors (Lipinski definition) is 2. The minimum absolute atomic E-state index is 0.341. The summed E-state index contributed by atoms with van der Waals surface area (Å²) in [5, 5.41) is 11.0. The Morgan fingerprint density at radius 3 is 2.53 bits per heavy atom. The largest absolute Gasteiger partial charge is 0.481 e. The van der Waals surface area contributed by atoms with E-state index in [0.29, 0.717) is 6.42 Å². The van der Waals surface area contributed by atoms with Gasteiger partial charge in [0.1, 0.15) is 5.60 Å². The molecule has 0 spiro atoms. The fourth-order valence-corrected chi connectivity index (χ4v) is 2.38. The molecule has 1 rings (SSSR count). The molecule has 106 valence electrons. The molecule has 1 unspecified atom stereocenters. The van der Waals surface area contributed by atoms with Crippen LogP contribution in [0.5, 0.6) is 0 Å². The highest BCUT2D eigenvalue weighted by molar-refractivity contribution is 7.09. The number of carboxylic acids is 1. The van der Waals surface area contributed by atoms with E-state index in [-0.39, 0.29) is 0 Å². The van der Waals surface area contributed by atoms with Gasteiger partial charge >= 0.3 is 11.9 Å². The van der Waals surface area contributed by atoms with Crippen molar-refractivity contribution in [2.24, 2.45) is 11.7 Å². The lowest BCUT2D eigenvalue weighted by Crippen LogP contribution is -2.45. The van der Waals surface area contributed by atoms with E-state index in [1.54, 1.807) is 20.8 Å². The maximum Gasteiger partial charge on any atom is 0.322 e. The fourth-order valence-electron chi connectivity index (χ4n) is 1.60. The van der Waals surface area contributed by atoms with Crippen molar-refractivity contribution in [3.05, 3.63) is 22.4 Å². The molecule has 0 saturated heterocycles. The number of carbonyl (C=O) groups is 2. The molecule has 0 amide bonds. The normalized spacial score (nSPS) is 14.7. The summed E-state index contributed by atoms with van der Waals surface area (Å²) in [5.74, 6) is -3.39. The number of rotatable bonds is 5. The van der Waals surface area contributed by atoms with Crippen LogP contribution in [0.15, 0.2) is 17.5 Å². The van der Waals surface area contributed by atoms with Gasteiger partial charge in [-0.3, -0.25) is 9.59 Å². The molecule has 2 atom stereocenters. The van der Waals surface area contributed by atoms with Crippen LogP contribution in [0.2, 0.25) is 0 Å². The topological polar surface area (TPSA) is 89.6 Å². The highest BCUT2D eigenvalue weighted by Crippen LogP contribution is 2.18. The van der Waals surface area contributed by atoms with Gasteiger partial charge in [-0.2, -0.15) is 0 Å². The van der Waals surface area contributed by atoms with Crippen molar-refractivity contribution < 1.29 is 19.4 Å². The van der Waals surface area contributed by atoms with Crippen molar-refractivity contribution in [2.45, 2.75) is 38.8 Å². The van der Waals surface area contributed by atoms with Crippen LogP contribution in [0.4, 0.5) is 0 Å². The second-order valence-corrected chi connectivity index (χ2v) is 6.33. The maximum absolute atomic E-state index is 11.9. The Hall–Kier alpha value is -1.40. The van der Waals surface area contributed by atoms with Crippen LogP contribution in [0.25, 0.3) is 0 Å². The first kappa shape index (κ1) is 15.7. The fraction of sp³-hybridized carbons (Fsp3) is 0.538. The van der Waals surface area contributed by atoms with Crippen molar-refractivity contribution in [1.82, 2.24) is 0 Å². The third-order valence-corrected chi connectivity index (χ3v) is 3.27. The molecule has 0 aliphatic heterocycles. The van der Waals surface area contributed by atoms with E-state index >= 15 is 0 Å². The average Bonchev–Trinajstić information content (AvgIpc) is 2.66. The molecule has 0 aliphatic carbocycles. The number of carbonyl (C=O) groups excluding carboxylic acids is 1. The number of carboxylic acid groups (broad SMARTS) is 1. The Morgan fingerprint density at radius 2 is 2.11 bits per heavy atom. The summed E-state index contributed by atoms with van der Waals surface area (Å²) in [6.07, 6.45) is 0.341. The minimum Gasteiger partial charge on any atom is -0.481 e. The minimum atomic E-state index is -1.35. The average molecular weight is 285 g/mol. The highest BCUT2D eigenvalue weighted by Gasteiger charge is 2.36. The molecule has 5 nitrogen and oxygen atoms in total. The predicted octanol–water partition coefficient (Wildman–Crippen LogP) is 1.66. The molecule has 1 aromatic heterocycles. The number of ether oxygens (including phenoxy) is 1. The van der Waals surface area contributed by atoms with Crippen molar-refractivity contribution in [2.75, 3.05) is 0 Å². The summed E-state index contributed by atoms with van der Waals surface area (Å²) in [5.41, 5.74) is 5.13. The van der Waals surface area contributed by atoms with Crippen molar-refractivity contribution >= 4 is 23.3 Å². The lowest BCUT2D eigenvalue weighted by molar-refractivity contribution is -0.167. The van der Waals surface area contributed by atoms with Gasteiger partial charge in [-0.15, -0.1) is 11.3 Å². The summed E-state index contributed by atoms with van der Waals surface area (Å²) in [6.45, 7) is 5.07. The Morgan fingerprint density at radius 1 is 1.47 bits per heavy atom. The second-order valence-electron chi connectivity index (χ2n) is 5.30. The van der Waals surface area contributed by atoms with Gasteiger partial charge in [-0.25, -0.2) is 0 Å². The molecule has 0 saturated carbocycles. The molecule has 0 fully saturated rings. The van der Waals surface area contributed by atoms with Gasteiger partial charge in [0.15, 0.2) is 5.92 Å². The standard InChI is InChI=1S/C13H19NO4S/c1-13(2,3)18-12(17)10(11(15)16)9(14)7-8-5-4-6-19-8/h4-6,9-10H,7,14H2,1-3H3,(H,15,16)/t9?,10-/m0/s1. The van der Waals surface area contributed by atoms with E-state index in [0.717, 1.165) is 4.88 Å². The molecule has 0 aliphatic rings. The van der Waals surface area contributed by atoms with Crippen LogP contribution in [-0.4, -0.2) is 28.7 Å². The molecular formula is C13H19NO4S. The van der Waals surface area contributed by atoms with Crippen LogP contribution < -0.4 is 5.73 Å². The maximum atomic E-state index is 11.9. The molecule has 0 aromatic carbocycles. The van der Waals surface area contributed by atoms with Crippen molar-refractivity contribution in [1.29, 1.82) is 0 Å². The summed E-state index contributed by atoms with van der Waals surface area (Å²) < 4.78 is 5.11. The zero-order valence-corrected chi connectivity index (χ0v) is 12.1. The van der Waals surface area contributed by atoms with Crippen LogP contribution in [0.3, 0.4) is 0 Å². The Bertz CT molecular complexity index is 436. The van der Waals surface area contributed by atoms with Gasteiger partial charge in [-0.1, -0.05) is 6.07 Å². The van der Waals surface area contributed by atoms with E-state index in [1.807, 2.05) is 17.5 Å². The first-order valence-corrected chi connectivity index (χ1v) is 6.82. The number of aliphatic carboxylic acids is 1. The van der Waals surface area contributed by atoms with Gasteiger partial charge in [0.05, 0.1) is 0 Å². The number of esters is 1. The first-order valence-electron chi connectivity index (χ1n) is 5.94. The smallest absolute Gasteiger partial charge is 0.322 e. The zero-order chi connectivity index (χ0) is 14.6. The second kappa shape index (κ2) is 6.16. The van der Waals surface area contributed by atoms with Crippen LogP contribution in [0, 0.1) is 5.92 Å². The molecular weight excluding hydrogens is 266 g/mol.